The highest BCUT2D eigenvalue weighted by Crippen LogP contribution is 2.30. The monoisotopic (exact) mass is 352 g/mol. The number of halogens is 3. The Morgan fingerprint density at radius 3 is 2.20 bits per heavy atom. The van der Waals surface area contributed by atoms with Crippen LogP contribution in [0, 0.1) is 6.92 Å². The largest absolute Gasteiger partial charge is 0.429 e. The van der Waals surface area contributed by atoms with Crippen LogP contribution in [0.25, 0.3) is 6.20 Å². The lowest BCUT2D eigenvalue weighted by molar-refractivity contribution is -0.145. The third-order valence-electron chi connectivity index (χ3n) is 4.07. The first-order valence-corrected chi connectivity index (χ1v) is 7.38. The smallest absolute Gasteiger partial charge is 0.317 e. The Morgan fingerprint density at radius 1 is 1.04 bits per heavy atom. The molecule has 0 saturated carbocycles. The van der Waals surface area contributed by atoms with Crippen LogP contribution in [0.5, 0.6) is 0 Å². The van der Waals surface area contributed by atoms with Crippen LogP contribution in [0.1, 0.15) is 5.56 Å². The number of benzene rings is 1. The molecule has 1 aromatic heterocycles. The molecular weight excluding hydrogens is 337 g/mol. The van der Waals surface area contributed by atoms with E-state index in [-0.39, 0.29) is 16.4 Å². The summed E-state index contributed by atoms with van der Waals surface area (Å²) in [6.45, 7) is 1.82. The summed E-state index contributed by atoms with van der Waals surface area (Å²) in [6.07, 6.45) is -5.80. The summed E-state index contributed by atoms with van der Waals surface area (Å²) in [6, 6.07) is 6.39. The number of aromatic nitrogens is 2. The van der Waals surface area contributed by atoms with Crippen LogP contribution in [0.15, 0.2) is 38.8 Å². The Bertz CT molecular complexity index is 1070. The van der Waals surface area contributed by atoms with Gasteiger partial charge in [0.2, 0.25) is 6.17 Å². The standard InChI is InChI=1S/C16H15F3N4O2/c1-9-4-6-10(7-5-9)23-8-11-12(20-14(23)16(17,18)19)21(2)15(25)22(3)13(11)24/h4-8,14H,1-3H3. The van der Waals surface area contributed by atoms with E-state index in [0.29, 0.717) is 0 Å². The lowest BCUT2D eigenvalue weighted by atomic mass is 10.2. The minimum absolute atomic E-state index is 0.0642. The van der Waals surface area contributed by atoms with Crippen molar-refractivity contribution in [2.75, 3.05) is 4.90 Å². The first-order valence-electron chi connectivity index (χ1n) is 7.38. The molecule has 0 radical (unpaired) electrons. The Balaban J connectivity index is 2.38. The molecule has 25 heavy (non-hydrogen) atoms. The third-order valence-corrected chi connectivity index (χ3v) is 4.07. The maximum Gasteiger partial charge on any atom is 0.429 e. The lowest BCUT2D eigenvalue weighted by Crippen LogP contribution is -2.62. The predicted octanol–water partition coefficient (Wildman–Crippen LogP) is 0.159. The van der Waals surface area contributed by atoms with Crippen LogP contribution in [0.3, 0.4) is 0 Å². The number of hydrogen-bond acceptors (Lipinski definition) is 4. The summed E-state index contributed by atoms with van der Waals surface area (Å²) < 4.78 is 42.4. The Labute approximate surface area is 139 Å². The van der Waals surface area contributed by atoms with E-state index in [1.54, 1.807) is 12.1 Å². The van der Waals surface area contributed by atoms with Crippen molar-refractivity contribution < 1.29 is 13.2 Å². The molecule has 1 unspecified atom stereocenters. The van der Waals surface area contributed by atoms with Gasteiger partial charge < -0.3 is 4.90 Å². The number of nitrogens with zero attached hydrogens (tertiary/aromatic N) is 4. The van der Waals surface area contributed by atoms with E-state index in [4.69, 9.17) is 0 Å². The van der Waals surface area contributed by atoms with Gasteiger partial charge >= 0.3 is 11.9 Å². The molecule has 0 bridgehead atoms. The fourth-order valence-electron chi connectivity index (χ4n) is 2.68. The molecule has 0 fully saturated rings. The van der Waals surface area contributed by atoms with Gasteiger partial charge in [-0.25, -0.2) is 9.79 Å². The summed E-state index contributed by atoms with van der Waals surface area (Å²) >= 11 is 0. The van der Waals surface area contributed by atoms with Gasteiger partial charge in [0.05, 0.1) is 5.22 Å². The van der Waals surface area contributed by atoms with Crippen molar-refractivity contribution in [2.24, 2.45) is 19.1 Å². The summed E-state index contributed by atoms with van der Waals surface area (Å²) in [5, 5.41) is -0.0642. The zero-order valence-corrected chi connectivity index (χ0v) is 13.7. The van der Waals surface area contributed by atoms with E-state index < -0.39 is 23.6 Å². The van der Waals surface area contributed by atoms with Crippen molar-refractivity contribution in [1.29, 1.82) is 0 Å². The molecule has 0 amide bonds. The molecule has 2 heterocycles. The number of anilines is 1. The SMILES string of the molecule is Cc1ccc(N2C=c3c(=O)n(C)c(=O)n(C)c3=NC2C(F)(F)F)cc1. The van der Waals surface area contributed by atoms with Gasteiger partial charge in [0.1, 0.15) is 5.49 Å². The van der Waals surface area contributed by atoms with Gasteiger partial charge in [-0.3, -0.25) is 13.9 Å². The molecule has 9 heteroatoms. The lowest BCUT2D eigenvalue weighted by Gasteiger charge is -2.31. The van der Waals surface area contributed by atoms with E-state index in [2.05, 4.69) is 4.99 Å². The van der Waals surface area contributed by atoms with Crippen molar-refractivity contribution >= 4 is 11.9 Å². The van der Waals surface area contributed by atoms with Gasteiger partial charge in [-0.15, -0.1) is 0 Å². The van der Waals surface area contributed by atoms with Crippen LogP contribution in [0.2, 0.25) is 0 Å². The molecule has 1 aliphatic heterocycles. The summed E-state index contributed by atoms with van der Waals surface area (Å²) in [5.74, 6) is 0. The topological polar surface area (TPSA) is 59.6 Å². The highest BCUT2D eigenvalue weighted by molar-refractivity contribution is 5.60. The second-order valence-corrected chi connectivity index (χ2v) is 5.86. The fraction of sp³-hybridized carbons (Fsp3) is 0.312. The highest BCUT2D eigenvalue weighted by atomic mass is 19.4. The van der Waals surface area contributed by atoms with Crippen LogP contribution in [-0.2, 0) is 14.1 Å². The maximum absolute atomic E-state index is 13.5. The van der Waals surface area contributed by atoms with E-state index in [0.717, 1.165) is 25.8 Å². The van der Waals surface area contributed by atoms with E-state index in [9.17, 15) is 22.8 Å². The van der Waals surface area contributed by atoms with Crippen LogP contribution in [0.4, 0.5) is 18.9 Å². The van der Waals surface area contributed by atoms with Crippen molar-refractivity contribution in [3.05, 3.63) is 61.4 Å². The molecule has 0 saturated heterocycles. The molecule has 132 valence electrons. The first kappa shape index (κ1) is 17.0. The normalized spacial score (nSPS) is 16.9. The molecule has 0 N–H and O–H groups in total. The average Bonchev–Trinajstić information content (AvgIpc) is 2.57. The van der Waals surface area contributed by atoms with Crippen molar-refractivity contribution in [3.63, 3.8) is 0 Å². The number of hydrogen-bond donors (Lipinski definition) is 0. The number of fused-ring (bicyclic) bond motifs is 1. The van der Waals surface area contributed by atoms with Gasteiger partial charge in [-0.2, -0.15) is 13.2 Å². The minimum atomic E-state index is -4.68. The average molecular weight is 352 g/mol. The zero-order valence-electron chi connectivity index (χ0n) is 13.7. The summed E-state index contributed by atoms with van der Waals surface area (Å²) in [4.78, 5) is 28.9. The fourth-order valence-corrected chi connectivity index (χ4v) is 2.68. The predicted molar refractivity (Wildman–Crippen MR) is 85.7 cm³/mol. The molecule has 2 aromatic rings. The first-order chi connectivity index (χ1) is 11.6. The van der Waals surface area contributed by atoms with Crippen LogP contribution < -0.4 is 26.9 Å². The Kier molecular flexibility index (Phi) is 3.81. The van der Waals surface area contributed by atoms with E-state index in [1.807, 2.05) is 6.92 Å². The van der Waals surface area contributed by atoms with Gasteiger partial charge in [-0.1, -0.05) is 17.7 Å². The van der Waals surface area contributed by atoms with Crippen molar-refractivity contribution in [2.45, 2.75) is 19.3 Å². The van der Waals surface area contributed by atoms with E-state index in [1.165, 1.54) is 26.2 Å². The number of alkyl halides is 3. The minimum Gasteiger partial charge on any atom is -0.317 e. The van der Waals surface area contributed by atoms with Crippen molar-refractivity contribution in [3.8, 4) is 0 Å². The van der Waals surface area contributed by atoms with Gasteiger partial charge in [0.15, 0.2) is 0 Å². The summed E-state index contributed by atoms with van der Waals surface area (Å²) in [5.41, 5.74) is -0.567. The molecule has 6 nitrogen and oxygen atoms in total. The van der Waals surface area contributed by atoms with Crippen molar-refractivity contribution in [1.82, 2.24) is 9.13 Å². The molecule has 1 aliphatic rings. The Hall–Kier alpha value is -2.84. The molecule has 0 aliphatic carbocycles. The highest BCUT2D eigenvalue weighted by Gasteiger charge is 2.45. The maximum atomic E-state index is 13.5. The van der Waals surface area contributed by atoms with Gasteiger partial charge in [0.25, 0.3) is 5.56 Å². The molecule has 3 rings (SSSR count). The zero-order chi connectivity index (χ0) is 18.5. The molecular formula is C16H15F3N4O2. The molecule has 1 aromatic carbocycles. The third kappa shape index (κ3) is 2.75. The molecule has 0 spiro atoms. The van der Waals surface area contributed by atoms with E-state index >= 15 is 0 Å². The Morgan fingerprint density at radius 2 is 1.64 bits per heavy atom. The van der Waals surface area contributed by atoms with Gasteiger partial charge in [0, 0.05) is 26.0 Å². The van der Waals surface area contributed by atoms with Crippen LogP contribution in [-0.4, -0.2) is 21.5 Å². The second kappa shape index (κ2) is 5.61. The molecule has 1 atom stereocenters. The van der Waals surface area contributed by atoms with Crippen LogP contribution >= 0.6 is 0 Å². The quantitative estimate of drug-likeness (QED) is 0.735. The van der Waals surface area contributed by atoms with Gasteiger partial charge in [-0.05, 0) is 19.1 Å². The number of aryl methyl sites for hydroxylation is 1. The second-order valence-electron chi connectivity index (χ2n) is 5.86. The summed E-state index contributed by atoms with van der Waals surface area (Å²) in [7, 11) is 2.55. The number of rotatable bonds is 1.